The molecule has 0 aliphatic carbocycles. The summed E-state index contributed by atoms with van der Waals surface area (Å²) in [6.45, 7) is 6.66. The summed E-state index contributed by atoms with van der Waals surface area (Å²) in [6.07, 6.45) is 1.91. The zero-order chi connectivity index (χ0) is 19.3. The first kappa shape index (κ1) is 21.6. The summed E-state index contributed by atoms with van der Waals surface area (Å²) in [5, 5.41) is 5.61. The zero-order valence-electron chi connectivity index (χ0n) is 15.3. The van der Waals surface area contributed by atoms with Crippen molar-refractivity contribution in [1.82, 2.24) is 10.6 Å². The van der Waals surface area contributed by atoms with Gasteiger partial charge in [0.05, 0.1) is 6.42 Å². The van der Waals surface area contributed by atoms with E-state index in [1.807, 2.05) is 0 Å². The number of methoxy groups -OCH3 is 1. The standard InChI is InChI=1S/C15H25N2O6PS/c1-7-10(2)13(18)16-14(25)17-15(3)8-11(12(22-15)9-20-4)23-24(6,19)21-5/h7H,8-9H2,1-6H3,(H2,16,17,18,25)/b10-7-. The molecule has 1 rings (SSSR count). The molecule has 0 aromatic rings. The largest absolute Gasteiger partial charge is 0.466 e. The quantitative estimate of drug-likeness (QED) is 0.388. The Kier molecular flexibility index (Phi) is 7.62. The van der Waals surface area contributed by atoms with Crippen molar-refractivity contribution in [3.63, 3.8) is 0 Å². The molecule has 8 nitrogen and oxygen atoms in total. The molecule has 0 bridgehead atoms. The van der Waals surface area contributed by atoms with E-state index in [1.54, 1.807) is 26.8 Å². The highest BCUT2D eigenvalue weighted by molar-refractivity contribution is 7.80. The maximum atomic E-state index is 12.1. The van der Waals surface area contributed by atoms with Gasteiger partial charge in [0.25, 0.3) is 5.91 Å². The number of allylic oxidation sites excluding steroid dienone is 1. The summed E-state index contributed by atoms with van der Waals surface area (Å²) in [7, 11) is -0.437. The summed E-state index contributed by atoms with van der Waals surface area (Å²) in [4.78, 5) is 11.9. The molecule has 0 saturated carbocycles. The molecule has 1 amide bonds. The van der Waals surface area contributed by atoms with Crippen LogP contribution in [0, 0.1) is 0 Å². The first-order valence-corrected chi connectivity index (χ1v) is 9.95. The van der Waals surface area contributed by atoms with E-state index < -0.39 is 13.3 Å². The molecule has 0 radical (unpaired) electrons. The minimum absolute atomic E-state index is 0.109. The second-order valence-electron chi connectivity index (χ2n) is 5.71. The monoisotopic (exact) mass is 392 g/mol. The van der Waals surface area contributed by atoms with Gasteiger partial charge in [0.2, 0.25) is 0 Å². The summed E-state index contributed by atoms with van der Waals surface area (Å²) in [5.41, 5.74) is -0.443. The molecule has 0 aromatic carbocycles. The van der Waals surface area contributed by atoms with Gasteiger partial charge in [-0.25, -0.2) is 4.57 Å². The van der Waals surface area contributed by atoms with Crippen LogP contribution in [0.15, 0.2) is 23.2 Å². The topological polar surface area (TPSA) is 95.1 Å². The average Bonchev–Trinajstić information content (AvgIpc) is 2.81. The van der Waals surface area contributed by atoms with Gasteiger partial charge in [-0.15, -0.1) is 0 Å². The van der Waals surface area contributed by atoms with Gasteiger partial charge < -0.3 is 23.8 Å². The number of carbonyl (C=O) groups excluding carboxylic acids is 1. The van der Waals surface area contributed by atoms with Gasteiger partial charge in [0, 0.05) is 26.5 Å². The number of hydrogen-bond acceptors (Lipinski definition) is 7. The van der Waals surface area contributed by atoms with Crippen LogP contribution in [-0.2, 0) is 27.9 Å². The number of nitrogens with one attached hydrogen (secondary N) is 2. The molecule has 0 saturated heterocycles. The fraction of sp³-hybridized carbons (Fsp3) is 0.600. The van der Waals surface area contributed by atoms with Crippen LogP contribution in [0.1, 0.15) is 27.2 Å². The lowest BCUT2D eigenvalue weighted by Crippen LogP contribution is -2.51. The van der Waals surface area contributed by atoms with Crippen LogP contribution < -0.4 is 10.6 Å². The summed E-state index contributed by atoms with van der Waals surface area (Å²) in [5.74, 6) is 0.430. The molecule has 142 valence electrons. The smallest absolute Gasteiger partial charge is 0.375 e. The molecule has 1 aliphatic heterocycles. The number of carbonyl (C=O) groups is 1. The maximum absolute atomic E-state index is 12.1. The van der Waals surface area contributed by atoms with Crippen molar-refractivity contribution in [2.75, 3.05) is 27.5 Å². The third-order valence-electron chi connectivity index (χ3n) is 3.44. The van der Waals surface area contributed by atoms with Crippen molar-refractivity contribution in [2.24, 2.45) is 0 Å². The Bertz CT molecular complexity index is 648. The van der Waals surface area contributed by atoms with Crippen molar-refractivity contribution in [3.05, 3.63) is 23.2 Å². The molecule has 10 heteroatoms. The second kappa shape index (κ2) is 8.80. The number of hydrogen-bond donors (Lipinski definition) is 2. The van der Waals surface area contributed by atoms with E-state index in [4.69, 9.17) is 30.7 Å². The van der Waals surface area contributed by atoms with Crippen LogP contribution >= 0.6 is 19.8 Å². The lowest BCUT2D eigenvalue weighted by atomic mass is 10.2. The molecular formula is C15H25N2O6PS. The van der Waals surface area contributed by atoms with Gasteiger partial charge in [-0.05, 0) is 33.0 Å². The summed E-state index contributed by atoms with van der Waals surface area (Å²) < 4.78 is 33.3. The van der Waals surface area contributed by atoms with Crippen LogP contribution in [0.2, 0.25) is 0 Å². The normalized spacial score (nSPS) is 22.9. The molecule has 1 aliphatic rings. The minimum atomic E-state index is -3.25. The maximum Gasteiger partial charge on any atom is 0.375 e. The first-order valence-electron chi connectivity index (χ1n) is 7.55. The van der Waals surface area contributed by atoms with E-state index in [-0.39, 0.29) is 24.0 Å². The Morgan fingerprint density at radius 3 is 2.64 bits per heavy atom. The molecule has 2 unspecified atom stereocenters. The lowest BCUT2D eigenvalue weighted by molar-refractivity contribution is -0.116. The number of rotatable bonds is 7. The van der Waals surface area contributed by atoms with Gasteiger partial charge in [-0.2, -0.15) is 0 Å². The molecule has 0 spiro atoms. The third kappa shape index (κ3) is 6.43. The SMILES string of the molecule is C/C=C(/C)C(=O)NC(=S)NC1(C)CC(OP(C)(=O)OC)=C(COC)O1. The fourth-order valence-electron chi connectivity index (χ4n) is 2.01. The summed E-state index contributed by atoms with van der Waals surface area (Å²) in [6, 6.07) is 0. The highest BCUT2D eigenvalue weighted by Crippen LogP contribution is 2.49. The lowest BCUT2D eigenvalue weighted by Gasteiger charge is -2.27. The molecule has 1 heterocycles. The number of amides is 1. The van der Waals surface area contributed by atoms with Gasteiger partial charge in [-0.3, -0.25) is 10.1 Å². The molecule has 2 N–H and O–H groups in total. The highest BCUT2D eigenvalue weighted by atomic mass is 32.1. The molecule has 2 atom stereocenters. The third-order valence-corrected chi connectivity index (χ3v) is 4.86. The van der Waals surface area contributed by atoms with Gasteiger partial charge >= 0.3 is 7.60 Å². The van der Waals surface area contributed by atoms with E-state index in [9.17, 15) is 9.36 Å². The highest BCUT2D eigenvalue weighted by Gasteiger charge is 2.40. The Hall–Kier alpha value is -1.41. The van der Waals surface area contributed by atoms with Crippen molar-refractivity contribution < 1.29 is 27.9 Å². The average molecular weight is 392 g/mol. The van der Waals surface area contributed by atoms with Crippen LogP contribution in [0.25, 0.3) is 0 Å². The van der Waals surface area contributed by atoms with E-state index in [0.717, 1.165) is 0 Å². The van der Waals surface area contributed by atoms with Gasteiger partial charge in [0.15, 0.2) is 22.4 Å². The first-order chi connectivity index (χ1) is 11.6. The predicted octanol–water partition coefficient (Wildman–Crippen LogP) is 2.42. The predicted molar refractivity (Wildman–Crippen MR) is 97.9 cm³/mol. The Morgan fingerprint density at radius 1 is 1.48 bits per heavy atom. The van der Waals surface area contributed by atoms with Crippen molar-refractivity contribution in [1.29, 1.82) is 0 Å². The Morgan fingerprint density at radius 2 is 2.12 bits per heavy atom. The molecule has 0 aromatic heterocycles. The zero-order valence-corrected chi connectivity index (χ0v) is 17.0. The van der Waals surface area contributed by atoms with Crippen molar-refractivity contribution in [3.8, 4) is 0 Å². The van der Waals surface area contributed by atoms with Gasteiger partial charge in [0.1, 0.15) is 6.61 Å². The number of thiocarbonyl (C=S) groups is 1. The van der Waals surface area contributed by atoms with E-state index >= 15 is 0 Å². The van der Waals surface area contributed by atoms with Crippen molar-refractivity contribution in [2.45, 2.75) is 32.9 Å². The fourth-order valence-corrected chi connectivity index (χ4v) is 2.96. The molecular weight excluding hydrogens is 367 g/mol. The molecule has 25 heavy (non-hydrogen) atoms. The van der Waals surface area contributed by atoms with Crippen LogP contribution in [0.4, 0.5) is 0 Å². The van der Waals surface area contributed by atoms with E-state index in [0.29, 0.717) is 17.1 Å². The van der Waals surface area contributed by atoms with E-state index in [2.05, 4.69) is 10.6 Å². The van der Waals surface area contributed by atoms with Crippen LogP contribution in [0.5, 0.6) is 0 Å². The Labute approximate surface area is 153 Å². The van der Waals surface area contributed by atoms with Crippen LogP contribution in [0.3, 0.4) is 0 Å². The molecule has 0 fully saturated rings. The van der Waals surface area contributed by atoms with E-state index in [1.165, 1.54) is 20.9 Å². The number of ether oxygens (including phenoxy) is 2. The van der Waals surface area contributed by atoms with Gasteiger partial charge in [-0.1, -0.05) is 6.08 Å². The minimum Gasteiger partial charge on any atom is -0.466 e. The Balaban J connectivity index is 2.81. The van der Waals surface area contributed by atoms with Crippen LogP contribution in [-0.4, -0.2) is 44.2 Å². The van der Waals surface area contributed by atoms with Crippen molar-refractivity contribution >= 4 is 30.8 Å². The second-order valence-corrected chi connectivity index (χ2v) is 8.21. The summed E-state index contributed by atoms with van der Waals surface area (Å²) >= 11 is 5.16.